The fraction of sp³-hybridized carbons (Fsp3) is 0.567. The maximum absolute atomic E-state index is 13.1. The van der Waals surface area contributed by atoms with Crippen LogP contribution in [0.4, 0.5) is 21.0 Å². The Morgan fingerprint density at radius 1 is 0.526 bits per heavy atom. The molecule has 10 atom stereocenters. The topological polar surface area (TPSA) is 231 Å². The first-order valence-corrected chi connectivity index (χ1v) is 28.4. The summed E-state index contributed by atoms with van der Waals surface area (Å²) in [6.07, 6.45) is 9.03. The predicted molar refractivity (Wildman–Crippen MR) is 293 cm³/mol. The molecule has 0 aromatic heterocycles. The number of nitrogens with one attached hydrogen (secondary N) is 2. The minimum absolute atomic E-state index is 0.0376. The molecule has 4 heterocycles. The van der Waals surface area contributed by atoms with Gasteiger partial charge in [-0.3, -0.25) is 9.68 Å². The Bertz CT molecular complexity index is 2270. The first-order chi connectivity index (χ1) is 38.1. The maximum Gasteiger partial charge on any atom is 0.407 e. The van der Waals surface area contributed by atoms with Gasteiger partial charge in [-0.1, -0.05) is 111 Å². The number of carbonyl (C=O) groups excluding carboxylic acids is 2. The smallest absolute Gasteiger partial charge is 0.407 e. The summed E-state index contributed by atoms with van der Waals surface area (Å²) in [7, 11) is 0. The summed E-state index contributed by atoms with van der Waals surface area (Å²) in [4.78, 5) is 38.9. The highest BCUT2D eigenvalue weighted by Gasteiger charge is 2.44. The van der Waals surface area contributed by atoms with E-state index in [2.05, 4.69) is 10.6 Å². The lowest BCUT2D eigenvalue weighted by Gasteiger charge is -2.32. The van der Waals surface area contributed by atoms with Crippen LogP contribution < -0.4 is 22.1 Å². The molecule has 4 aromatic rings. The zero-order valence-electron chi connectivity index (χ0n) is 44.9. The molecule has 78 heavy (non-hydrogen) atoms. The Balaban J connectivity index is 0.000000190. The van der Waals surface area contributed by atoms with Crippen molar-refractivity contribution in [3.63, 3.8) is 0 Å². The number of hydroxylamine groups is 4. The first kappa shape index (κ1) is 57.3. The van der Waals surface area contributed by atoms with E-state index >= 15 is 0 Å². The number of nitrogens with two attached hydrogens (primary N) is 2. The number of alkyl carbamates (subject to hydrolysis) is 2. The van der Waals surface area contributed by atoms with Crippen LogP contribution in [0.2, 0.25) is 0 Å². The fourth-order valence-electron chi connectivity index (χ4n) is 11.6. The number of aliphatic hydroxyl groups excluding tert-OH is 2. The summed E-state index contributed by atoms with van der Waals surface area (Å²) in [6, 6.07) is 33.8. The van der Waals surface area contributed by atoms with Crippen LogP contribution in [-0.4, -0.2) is 133 Å². The van der Waals surface area contributed by atoms with Gasteiger partial charge in [-0.15, -0.1) is 0 Å². The van der Waals surface area contributed by atoms with Crippen LogP contribution in [0.5, 0.6) is 0 Å². The summed E-state index contributed by atoms with van der Waals surface area (Å²) < 4.78 is 34.3. The van der Waals surface area contributed by atoms with Crippen molar-refractivity contribution >= 4 is 23.6 Å². The number of ether oxygens (including phenoxy) is 6. The third kappa shape index (κ3) is 17.3. The Morgan fingerprint density at radius 3 is 1.32 bits per heavy atom. The van der Waals surface area contributed by atoms with E-state index in [1.807, 2.05) is 119 Å². The minimum Gasteiger partial charge on any atom is -0.443 e. The van der Waals surface area contributed by atoms with Gasteiger partial charge in [0, 0.05) is 49.5 Å². The maximum atomic E-state index is 13.1. The second kappa shape index (κ2) is 29.2. The number of hydrogen-bond donors (Lipinski definition) is 6. The van der Waals surface area contributed by atoms with Gasteiger partial charge in [-0.25, -0.2) is 9.59 Å². The Labute approximate surface area is 459 Å². The SMILES string of the molecule is Nc1cccc(CN(CC(O)C(Cc2ccccc2)NC(=O)O[C@@H]2CO[C@@H]3OCCC[C@@H]32)OC2CCCC2)c1.Nc1cccc(CN(CC(O)C(Cc2ccccc2)NC(=O)O[C@H]2CO[C@H]3OCCC[C@H]32)OC2CCCC2)c1. The molecule has 18 heteroatoms. The van der Waals surface area contributed by atoms with Gasteiger partial charge in [0.15, 0.2) is 12.6 Å². The van der Waals surface area contributed by atoms with Crippen molar-refractivity contribution in [1.29, 1.82) is 0 Å². The van der Waals surface area contributed by atoms with Crippen LogP contribution >= 0.6 is 0 Å². The fourth-order valence-corrected chi connectivity index (χ4v) is 11.6. The van der Waals surface area contributed by atoms with Crippen molar-refractivity contribution in [2.45, 2.75) is 164 Å². The molecule has 10 rings (SSSR count). The van der Waals surface area contributed by atoms with Gasteiger partial charge in [-0.05, 0) is 111 Å². The average molecular weight is 1080 g/mol. The molecule has 4 aliphatic heterocycles. The molecule has 2 amide bonds. The van der Waals surface area contributed by atoms with E-state index in [0.29, 0.717) is 63.7 Å². The van der Waals surface area contributed by atoms with Crippen molar-refractivity contribution < 1.29 is 57.9 Å². The number of carbonyl (C=O) groups is 2. The van der Waals surface area contributed by atoms with E-state index in [9.17, 15) is 19.8 Å². The molecule has 2 saturated carbocycles. The number of aliphatic hydroxyl groups is 2. The molecule has 424 valence electrons. The van der Waals surface area contributed by atoms with Gasteiger partial charge in [-0.2, -0.15) is 10.1 Å². The third-order valence-electron chi connectivity index (χ3n) is 15.7. The minimum atomic E-state index is -0.911. The summed E-state index contributed by atoms with van der Waals surface area (Å²) in [5, 5.41) is 32.5. The molecular weight excluding hydrogens is 997 g/mol. The Hall–Kier alpha value is -5.38. The molecule has 4 aromatic carbocycles. The van der Waals surface area contributed by atoms with Crippen molar-refractivity contribution in [2.24, 2.45) is 11.8 Å². The van der Waals surface area contributed by atoms with E-state index in [1.54, 1.807) is 0 Å². The van der Waals surface area contributed by atoms with E-state index in [1.165, 1.54) is 0 Å². The van der Waals surface area contributed by atoms with E-state index in [0.717, 1.165) is 99.3 Å². The molecular formula is C60H82N6O12. The molecule has 6 fully saturated rings. The standard InChI is InChI=1S/2C30H41N3O6/c2*31-23-11-6-10-22(16-23)18-33(39-24-12-4-5-13-24)19-27(34)26(17-21-8-2-1-3-9-21)32-30(35)38-28-20-37-29-25(28)14-7-15-36-29/h2*1-3,6,8-11,16,24-29,34H,4-5,7,12-15,17-20,31H2,(H,32,35)/t2*25-,26?,27?,28-,29+/m10/s1. The summed E-state index contributed by atoms with van der Waals surface area (Å²) in [5.41, 5.74) is 17.4. The lowest BCUT2D eigenvalue weighted by molar-refractivity contribution is -0.214. The molecule has 2 aliphatic carbocycles. The highest BCUT2D eigenvalue weighted by atomic mass is 16.7. The second-order valence-electron chi connectivity index (χ2n) is 21.8. The van der Waals surface area contributed by atoms with E-state index < -0.39 is 36.5 Å². The highest BCUT2D eigenvalue weighted by Crippen LogP contribution is 2.34. The number of hydrogen-bond acceptors (Lipinski definition) is 16. The van der Waals surface area contributed by atoms with Gasteiger partial charge in [0.1, 0.15) is 12.2 Å². The molecule has 4 saturated heterocycles. The van der Waals surface area contributed by atoms with Crippen LogP contribution in [0.1, 0.15) is 99.3 Å². The Morgan fingerprint density at radius 2 is 0.923 bits per heavy atom. The predicted octanol–water partition coefficient (Wildman–Crippen LogP) is 7.59. The second-order valence-corrected chi connectivity index (χ2v) is 21.8. The highest BCUT2D eigenvalue weighted by molar-refractivity contribution is 5.68. The number of nitrogen functional groups attached to an aromatic ring is 2. The van der Waals surface area contributed by atoms with Gasteiger partial charge >= 0.3 is 12.2 Å². The lowest BCUT2D eigenvalue weighted by atomic mass is 9.97. The van der Waals surface area contributed by atoms with Gasteiger partial charge in [0.25, 0.3) is 0 Å². The Kier molecular flexibility index (Phi) is 21.4. The lowest BCUT2D eigenvalue weighted by Crippen LogP contribution is -2.50. The molecule has 0 bridgehead atoms. The molecule has 8 N–H and O–H groups in total. The third-order valence-corrected chi connectivity index (χ3v) is 15.7. The van der Waals surface area contributed by atoms with Crippen LogP contribution in [0.25, 0.3) is 0 Å². The average Bonchev–Trinajstić information content (AvgIpc) is 4.32. The first-order valence-electron chi connectivity index (χ1n) is 28.4. The molecule has 0 spiro atoms. The van der Waals surface area contributed by atoms with Crippen molar-refractivity contribution in [2.75, 3.05) is 51.0 Å². The number of amides is 2. The van der Waals surface area contributed by atoms with Crippen LogP contribution in [0, 0.1) is 11.8 Å². The van der Waals surface area contributed by atoms with Crippen LogP contribution in [0.15, 0.2) is 109 Å². The molecule has 0 radical (unpaired) electrons. The van der Waals surface area contributed by atoms with E-state index in [4.69, 9.17) is 49.6 Å². The van der Waals surface area contributed by atoms with Crippen molar-refractivity contribution in [1.82, 2.24) is 20.8 Å². The summed E-state index contributed by atoms with van der Waals surface area (Å²) in [5.74, 6) is 0.0752. The van der Waals surface area contributed by atoms with E-state index in [-0.39, 0.29) is 61.9 Å². The van der Waals surface area contributed by atoms with Gasteiger partial charge in [0.05, 0.1) is 62.8 Å². The van der Waals surface area contributed by atoms with Gasteiger partial charge in [0.2, 0.25) is 0 Å². The zero-order chi connectivity index (χ0) is 54.1. The molecule has 6 aliphatic rings. The van der Waals surface area contributed by atoms with Crippen molar-refractivity contribution in [3.8, 4) is 0 Å². The normalized spacial score (nSPS) is 24.8. The van der Waals surface area contributed by atoms with Crippen molar-refractivity contribution in [3.05, 3.63) is 131 Å². The zero-order valence-corrected chi connectivity index (χ0v) is 44.9. The molecule has 18 nitrogen and oxygen atoms in total. The van der Waals surface area contributed by atoms with Crippen LogP contribution in [-0.2, 0) is 64.0 Å². The monoisotopic (exact) mass is 1080 g/mol. The molecule has 4 unspecified atom stereocenters. The number of rotatable bonds is 22. The largest absolute Gasteiger partial charge is 0.443 e. The summed E-state index contributed by atoms with van der Waals surface area (Å²) in [6.45, 7) is 3.35. The van der Waals surface area contributed by atoms with Crippen LogP contribution in [0.3, 0.4) is 0 Å². The number of fused-ring (bicyclic) bond motifs is 2. The summed E-state index contributed by atoms with van der Waals surface area (Å²) >= 11 is 0. The van der Waals surface area contributed by atoms with Gasteiger partial charge < -0.3 is 60.7 Å². The number of anilines is 2. The quantitative estimate of drug-likeness (QED) is 0.0329. The number of nitrogens with zero attached hydrogens (tertiary/aromatic N) is 2. The number of benzene rings is 4.